The van der Waals surface area contributed by atoms with Crippen molar-refractivity contribution in [1.29, 1.82) is 0 Å². The highest BCUT2D eigenvalue weighted by Gasteiger charge is 2.29. The van der Waals surface area contributed by atoms with Crippen molar-refractivity contribution < 1.29 is 14.4 Å². The number of phenols is 1. The van der Waals surface area contributed by atoms with Gasteiger partial charge in [0.05, 0.1) is 18.3 Å². The van der Waals surface area contributed by atoms with E-state index in [2.05, 4.69) is 30.0 Å². The first kappa shape index (κ1) is 16.8. The van der Waals surface area contributed by atoms with E-state index in [0.717, 1.165) is 42.9 Å². The monoisotopic (exact) mass is 330 g/mol. The maximum atomic E-state index is 9.85. The highest BCUT2D eigenvalue weighted by atomic mass is 16.5. The molecule has 0 radical (unpaired) electrons. The Kier molecular flexibility index (Phi) is 5.09. The van der Waals surface area contributed by atoms with E-state index in [0.29, 0.717) is 18.3 Å². The molecule has 5 nitrogen and oxygen atoms in total. The normalized spacial score (nSPS) is 18.4. The maximum absolute atomic E-state index is 9.85. The van der Waals surface area contributed by atoms with Crippen LogP contribution in [0, 0.1) is 0 Å². The molecular weight excluding hydrogens is 304 g/mol. The van der Waals surface area contributed by atoms with Gasteiger partial charge in [-0.2, -0.15) is 0 Å². The average molecular weight is 330 g/mol. The van der Waals surface area contributed by atoms with Gasteiger partial charge < -0.3 is 14.4 Å². The topological polar surface area (TPSA) is 58.7 Å². The standard InChI is InChI=1S/C19H26N2O3/c1-4-23-19-10-14(7-8-17(19)22)12-21-9-5-6-16(21)18-11-15(13(2)3)20-24-18/h7-8,10-11,13,16,22H,4-6,9,12H2,1-3H3. The van der Waals surface area contributed by atoms with E-state index in [4.69, 9.17) is 9.26 Å². The molecule has 2 heterocycles. The molecule has 1 atom stereocenters. The Labute approximate surface area is 143 Å². The van der Waals surface area contributed by atoms with Gasteiger partial charge in [-0.05, 0) is 49.9 Å². The molecule has 1 unspecified atom stereocenters. The van der Waals surface area contributed by atoms with Gasteiger partial charge >= 0.3 is 0 Å². The molecule has 0 amide bonds. The summed E-state index contributed by atoms with van der Waals surface area (Å²) in [7, 11) is 0. The lowest BCUT2D eigenvalue weighted by molar-refractivity contribution is 0.206. The van der Waals surface area contributed by atoms with Gasteiger partial charge in [-0.3, -0.25) is 4.90 Å². The molecule has 1 aromatic carbocycles. The molecule has 1 saturated heterocycles. The molecule has 1 fully saturated rings. The van der Waals surface area contributed by atoms with Crippen molar-refractivity contribution in [1.82, 2.24) is 10.1 Å². The number of hydrogen-bond donors (Lipinski definition) is 1. The molecule has 24 heavy (non-hydrogen) atoms. The van der Waals surface area contributed by atoms with Crippen LogP contribution in [0.2, 0.25) is 0 Å². The minimum atomic E-state index is 0.190. The molecule has 1 aliphatic rings. The summed E-state index contributed by atoms with van der Waals surface area (Å²) in [6.07, 6.45) is 2.24. The first-order chi connectivity index (χ1) is 11.6. The first-order valence-electron chi connectivity index (χ1n) is 8.73. The van der Waals surface area contributed by atoms with Gasteiger partial charge in [0.25, 0.3) is 0 Å². The molecule has 5 heteroatoms. The fourth-order valence-corrected chi connectivity index (χ4v) is 3.23. The predicted molar refractivity (Wildman–Crippen MR) is 92.3 cm³/mol. The minimum Gasteiger partial charge on any atom is -0.504 e. The van der Waals surface area contributed by atoms with Crippen molar-refractivity contribution in [2.24, 2.45) is 0 Å². The molecule has 0 aliphatic carbocycles. The highest BCUT2D eigenvalue weighted by Crippen LogP contribution is 2.35. The van der Waals surface area contributed by atoms with Gasteiger partial charge in [-0.25, -0.2) is 0 Å². The SMILES string of the molecule is CCOc1cc(CN2CCCC2c2cc(C(C)C)no2)ccc1O. The number of hydrogen-bond acceptors (Lipinski definition) is 5. The fraction of sp³-hybridized carbons (Fsp3) is 0.526. The van der Waals surface area contributed by atoms with Crippen LogP contribution in [0.3, 0.4) is 0 Å². The molecular formula is C19H26N2O3. The number of likely N-dealkylation sites (tertiary alicyclic amines) is 1. The van der Waals surface area contributed by atoms with Crippen LogP contribution in [0.5, 0.6) is 11.5 Å². The molecule has 0 spiro atoms. The van der Waals surface area contributed by atoms with E-state index < -0.39 is 0 Å². The number of benzene rings is 1. The Morgan fingerprint density at radius 2 is 2.21 bits per heavy atom. The number of phenolic OH excluding ortho intramolecular Hbond substituents is 1. The predicted octanol–water partition coefficient (Wildman–Crippen LogP) is 4.24. The van der Waals surface area contributed by atoms with Crippen molar-refractivity contribution in [2.75, 3.05) is 13.2 Å². The van der Waals surface area contributed by atoms with Crippen molar-refractivity contribution in [3.8, 4) is 11.5 Å². The molecule has 3 rings (SSSR count). The summed E-state index contributed by atoms with van der Waals surface area (Å²) >= 11 is 0. The molecule has 0 bridgehead atoms. The van der Waals surface area contributed by atoms with Gasteiger partial charge in [-0.15, -0.1) is 0 Å². The Morgan fingerprint density at radius 3 is 2.92 bits per heavy atom. The highest BCUT2D eigenvalue weighted by molar-refractivity contribution is 5.41. The van der Waals surface area contributed by atoms with Crippen molar-refractivity contribution >= 4 is 0 Å². The zero-order chi connectivity index (χ0) is 17.1. The number of rotatable bonds is 6. The third kappa shape index (κ3) is 3.56. The molecule has 1 N–H and O–H groups in total. The van der Waals surface area contributed by atoms with Gasteiger partial charge in [0.15, 0.2) is 17.3 Å². The minimum absolute atomic E-state index is 0.190. The van der Waals surface area contributed by atoms with Crippen molar-refractivity contribution in [3.63, 3.8) is 0 Å². The quantitative estimate of drug-likeness (QED) is 0.858. The lowest BCUT2D eigenvalue weighted by Gasteiger charge is -2.22. The molecule has 2 aromatic rings. The van der Waals surface area contributed by atoms with Gasteiger partial charge in [0, 0.05) is 12.6 Å². The van der Waals surface area contributed by atoms with Gasteiger partial charge in [0.2, 0.25) is 0 Å². The van der Waals surface area contributed by atoms with E-state index >= 15 is 0 Å². The zero-order valence-corrected chi connectivity index (χ0v) is 14.7. The van der Waals surface area contributed by atoms with E-state index in [9.17, 15) is 5.11 Å². The fourth-order valence-electron chi connectivity index (χ4n) is 3.23. The molecule has 1 aliphatic heterocycles. The van der Waals surface area contributed by atoms with Gasteiger partial charge in [0.1, 0.15) is 0 Å². The van der Waals surface area contributed by atoms with Crippen LogP contribution in [0.4, 0.5) is 0 Å². The van der Waals surface area contributed by atoms with Crippen LogP contribution in [0.25, 0.3) is 0 Å². The lowest BCUT2D eigenvalue weighted by Crippen LogP contribution is -2.22. The van der Waals surface area contributed by atoms with Gasteiger partial charge in [-0.1, -0.05) is 25.1 Å². The molecule has 0 saturated carbocycles. The Morgan fingerprint density at radius 1 is 1.38 bits per heavy atom. The second kappa shape index (κ2) is 7.26. The lowest BCUT2D eigenvalue weighted by atomic mass is 10.1. The summed E-state index contributed by atoms with van der Waals surface area (Å²) < 4.78 is 11.1. The Balaban J connectivity index is 1.75. The number of aromatic nitrogens is 1. The summed E-state index contributed by atoms with van der Waals surface area (Å²) in [5.41, 5.74) is 2.15. The number of nitrogens with zero attached hydrogens (tertiary/aromatic N) is 2. The van der Waals surface area contributed by atoms with Crippen LogP contribution in [0.15, 0.2) is 28.8 Å². The Hall–Kier alpha value is -2.01. The van der Waals surface area contributed by atoms with Crippen LogP contribution >= 0.6 is 0 Å². The summed E-state index contributed by atoms with van der Waals surface area (Å²) in [5, 5.41) is 14.0. The summed E-state index contributed by atoms with van der Waals surface area (Å²) in [6, 6.07) is 7.95. The maximum Gasteiger partial charge on any atom is 0.161 e. The second-order valence-electron chi connectivity index (χ2n) is 6.67. The van der Waals surface area contributed by atoms with E-state index in [-0.39, 0.29) is 11.8 Å². The third-order valence-corrected chi connectivity index (χ3v) is 4.54. The number of ether oxygens (including phenoxy) is 1. The van der Waals surface area contributed by atoms with E-state index in [1.54, 1.807) is 6.07 Å². The van der Waals surface area contributed by atoms with Crippen LogP contribution < -0.4 is 4.74 Å². The average Bonchev–Trinajstić information content (AvgIpc) is 3.19. The molecule has 130 valence electrons. The van der Waals surface area contributed by atoms with Crippen molar-refractivity contribution in [3.05, 3.63) is 41.3 Å². The first-order valence-corrected chi connectivity index (χ1v) is 8.73. The van der Waals surface area contributed by atoms with E-state index in [1.165, 1.54) is 0 Å². The largest absolute Gasteiger partial charge is 0.504 e. The third-order valence-electron chi connectivity index (χ3n) is 4.54. The zero-order valence-electron chi connectivity index (χ0n) is 14.7. The van der Waals surface area contributed by atoms with Crippen molar-refractivity contribution in [2.45, 2.75) is 52.1 Å². The van der Waals surface area contributed by atoms with E-state index in [1.807, 2.05) is 19.1 Å². The molecule has 1 aromatic heterocycles. The van der Waals surface area contributed by atoms with Crippen LogP contribution in [-0.2, 0) is 6.54 Å². The summed E-state index contributed by atoms with van der Waals surface area (Å²) in [4.78, 5) is 2.41. The number of aromatic hydroxyl groups is 1. The smallest absolute Gasteiger partial charge is 0.161 e. The summed E-state index contributed by atoms with van der Waals surface area (Å²) in [6.45, 7) is 8.55. The summed E-state index contributed by atoms with van der Waals surface area (Å²) in [5.74, 6) is 2.08. The van der Waals surface area contributed by atoms with Crippen LogP contribution in [0.1, 0.15) is 62.6 Å². The van der Waals surface area contributed by atoms with Crippen LogP contribution in [-0.4, -0.2) is 28.3 Å². The Bertz CT molecular complexity index is 681. The second-order valence-corrected chi connectivity index (χ2v) is 6.67.